The first kappa shape index (κ1) is 17.8. The molecule has 0 bridgehead atoms. The third-order valence-corrected chi connectivity index (χ3v) is 5.37. The third-order valence-electron chi connectivity index (χ3n) is 5.37. The Labute approximate surface area is 168 Å². The van der Waals surface area contributed by atoms with E-state index in [0.29, 0.717) is 6.54 Å². The molecule has 7 heteroatoms. The van der Waals surface area contributed by atoms with Gasteiger partial charge < -0.3 is 4.90 Å². The molecule has 0 radical (unpaired) electrons. The zero-order valence-electron chi connectivity index (χ0n) is 15.9. The third kappa shape index (κ3) is 3.45. The summed E-state index contributed by atoms with van der Waals surface area (Å²) in [6.07, 6.45) is 3.44. The van der Waals surface area contributed by atoms with Gasteiger partial charge in [0.1, 0.15) is 18.0 Å². The van der Waals surface area contributed by atoms with Crippen LogP contribution in [0.25, 0.3) is 16.7 Å². The van der Waals surface area contributed by atoms with Crippen molar-refractivity contribution in [2.45, 2.75) is 6.54 Å². The number of aromatic nitrogens is 4. The monoisotopic (exact) mass is 388 g/mol. The number of para-hydroxylation sites is 1. The molecule has 5 rings (SSSR count). The lowest BCUT2D eigenvalue weighted by Gasteiger charge is -2.35. The van der Waals surface area contributed by atoms with Gasteiger partial charge in [-0.3, -0.25) is 4.90 Å². The first-order valence-electron chi connectivity index (χ1n) is 9.74. The average molecular weight is 388 g/mol. The van der Waals surface area contributed by atoms with E-state index in [2.05, 4.69) is 24.9 Å². The lowest BCUT2D eigenvalue weighted by molar-refractivity contribution is 0.246. The Morgan fingerprint density at radius 1 is 0.862 bits per heavy atom. The van der Waals surface area contributed by atoms with Crippen molar-refractivity contribution in [1.29, 1.82) is 0 Å². The van der Waals surface area contributed by atoms with Crippen LogP contribution in [0.2, 0.25) is 0 Å². The highest BCUT2D eigenvalue weighted by molar-refractivity contribution is 5.87. The lowest BCUT2D eigenvalue weighted by atomic mass is 10.2. The largest absolute Gasteiger partial charge is 0.353 e. The van der Waals surface area contributed by atoms with Crippen LogP contribution < -0.4 is 4.90 Å². The molecule has 1 aliphatic rings. The molecule has 146 valence electrons. The molecule has 1 fully saturated rings. The second-order valence-electron chi connectivity index (χ2n) is 7.18. The summed E-state index contributed by atoms with van der Waals surface area (Å²) in [5.41, 5.74) is 2.52. The van der Waals surface area contributed by atoms with E-state index >= 15 is 0 Å². The molecule has 6 nitrogen and oxygen atoms in total. The summed E-state index contributed by atoms with van der Waals surface area (Å²) < 4.78 is 15.8. The molecule has 0 spiro atoms. The Hall–Kier alpha value is -3.32. The Morgan fingerprint density at radius 2 is 1.62 bits per heavy atom. The van der Waals surface area contributed by atoms with E-state index in [4.69, 9.17) is 0 Å². The maximum atomic E-state index is 13.9. The van der Waals surface area contributed by atoms with Gasteiger partial charge in [-0.1, -0.05) is 36.4 Å². The molecule has 0 unspecified atom stereocenters. The maximum absolute atomic E-state index is 13.9. The summed E-state index contributed by atoms with van der Waals surface area (Å²) >= 11 is 0. The van der Waals surface area contributed by atoms with E-state index in [1.807, 2.05) is 53.3 Å². The molecule has 2 aromatic heterocycles. The van der Waals surface area contributed by atoms with Gasteiger partial charge in [0.2, 0.25) is 0 Å². The summed E-state index contributed by atoms with van der Waals surface area (Å²) in [6.45, 7) is 4.00. The lowest BCUT2D eigenvalue weighted by Crippen LogP contribution is -2.46. The first-order valence-corrected chi connectivity index (χ1v) is 9.74. The number of fused-ring (bicyclic) bond motifs is 1. The number of hydrogen-bond donors (Lipinski definition) is 0. The zero-order chi connectivity index (χ0) is 19.6. The Bertz CT molecular complexity index is 1120. The predicted molar refractivity (Wildman–Crippen MR) is 111 cm³/mol. The van der Waals surface area contributed by atoms with Gasteiger partial charge in [-0.2, -0.15) is 5.10 Å². The van der Waals surface area contributed by atoms with E-state index in [1.54, 1.807) is 12.4 Å². The summed E-state index contributed by atoms with van der Waals surface area (Å²) in [4.78, 5) is 13.5. The van der Waals surface area contributed by atoms with Crippen LogP contribution in [0.3, 0.4) is 0 Å². The topological polar surface area (TPSA) is 50.1 Å². The van der Waals surface area contributed by atoms with Crippen molar-refractivity contribution >= 4 is 16.9 Å². The van der Waals surface area contributed by atoms with Gasteiger partial charge in [0.25, 0.3) is 0 Å². The fourth-order valence-corrected chi connectivity index (χ4v) is 3.83. The highest BCUT2D eigenvalue weighted by Crippen LogP contribution is 2.25. The maximum Gasteiger partial charge on any atom is 0.168 e. The number of rotatable bonds is 4. The zero-order valence-corrected chi connectivity index (χ0v) is 15.9. The van der Waals surface area contributed by atoms with Gasteiger partial charge in [0, 0.05) is 38.3 Å². The molecule has 3 heterocycles. The number of hydrogen-bond acceptors (Lipinski definition) is 5. The number of nitrogens with zero attached hydrogens (tertiary/aromatic N) is 6. The van der Waals surface area contributed by atoms with Crippen LogP contribution in [0.5, 0.6) is 0 Å². The van der Waals surface area contributed by atoms with Gasteiger partial charge in [-0.15, -0.1) is 0 Å². The van der Waals surface area contributed by atoms with E-state index < -0.39 is 0 Å². The van der Waals surface area contributed by atoms with Crippen molar-refractivity contribution in [3.05, 3.63) is 78.5 Å². The molecule has 0 N–H and O–H groups in total. The van der Waals surface area contributed by atoms with Crippen molar-refractivity contribution < 1.29 is 4.39 Å². The highest BCUT2D eigenvalue weighted by Gasteiger charge is 2.22. The normalized spacial score (nSPS) is 15.1. The van der Waals surface area contributed by atoms with Gasteiger partial charge >= 0.3 is 0 Å². The van der Waals surface area contributed by atoms with Crippen molar-refractivity contribution in [2.75, 3.05) is 31.1 Å². The van der Waals surface area contributed by atoms with Crippen molar-refractivity contribution in [1.82, 2.24) is 24.6 Å². The highest BCUT2D eigenvalue weighted by atomic mass is 19.1. The SMILES string of the molecule is Fc1ccccc1CN1CCN(c2ncnc3c2cnn3-c2ccccc2)CC1. The quantitative estimate of drug-likeness (QED) is 0.537. The molecule has 0 aliphatic carbocycles. The van der Waals surface area contributed by atoms with Gasteiger partial charge in [0.05, 0.1) is 17.3 Å². The molecule has 0 saturated carbocycles. The van der Waals surface area contributed by atoms with Crippen molar-refractivity contribution in [3.63, 3.8) is 0 Å². The summed E-state index contributed by atoms with van der Waals surface area (Å²) in [6, 6.07) is 17.0. The molecule has 1 saturated heterocycles. The molecule has 4 aromatic rings. The van der Waals surface area contributed by atoms with E-state index in [0.717, 1.165) is 54.3 Å². The van der Waals surface area contributed by atoms with Crippen molar-refractivity contribution in [2.24, 2.45) is 0 Å². The minimum absolute atomic E-state index is 0.138. The minimum atomic E-state index is -0.138. The molecule has 0 amide bonds. The Morgan fingerprint density at radius 3 is 2.41 bits per heavy atom. The van der Waals surface area contributed by atoms with Gasteiger partial charge in [-0.25, -0.2) is 19.0 Å². The van der Waals surface area contributed by atoms with E-state index in [-0.39, 0.29) is 5.82 Å². The van der Waals surface area contributed by atoms with Crippen LogP contribution in [0.15, 0.2) is 67.1 Å². The summed E-state index contributed by atoms with van der Waals surface area (Å²) in [5.74, 6) is 0.767. The number of piperazine rings is 1. The Kier molecular flexibility index (Phi) is 4.65. The predicted octanol–water partition coefficient (Wildman–Crippen LogP) is 3.28. The second kappa shape index (κ2) is 7.60. The Balaban J connectivity index is 1.35. The van der Waals surface area contributed by atoms with Crippen molar-refractivity contribution in [3.8, 4) is 5.69 Å². The first-order chi connectivity index (χ1) is 14.3. The van der Waals surface area contributed by atoms with Gasteiger partial charge in [0.15, 0.2) is 5.65 Å². The fourth-order valence-electron chi connectivity index (χ4n) is 3.83. The molecule has 29 heavy (non-hydrogen) atoms. The van der Waals surface area contributed by atoms with Crippen LogP contribution in [-0.4, -0.2) is 50.8 Å². The van der Waals surface area contributed by atoms with Crippen LogP contribution in [0.4, 0.5) is 10.2 Å². The molecule has 2 aromatic carbocycles. The second-order valence-corrected chi connectivity index (χ2v) is 7.18. The van der Waals surface area contributed by atoms with Crippen LogP contribution in [-0.2, 0) is 6.54 Å². The average Bonchev–Trinajstić information content (AvgIpc) is 3.21. The molecular weight excluding hydrogens is 367 g/mol. The standard InChI is InChI=1S/C22H21FN6/c23-20-9-5-4-6-17(20)15-27-10-12-28(13-11-27)21-19-14-26-29(22(19)25-16-24-21)18-7-2-1-3-8-18/h1-9,14,16H,10-13,15H2. The number of benzene rings is 2. The molecule has 0 atom stereocenters. The van der Waals surface area contributed by atoms with E-state index in [9.17, 15) is 4.39 Å². The summed E-state index contributed by atoms with van der Waals surface area (Å²) in [7, 11) is 0. The van der Waals surface area contributed by atoms with E-state index in [1.165, 1.54) is 6.07 Å². The molecule has 1 aliphatic heterocycles. The molecular formula is C22H21FN6. The summed E-state index contributed by atoms with van der Waals surface area (Å²) in [5, 5.41) is 5.48. The number of anilines is 1. The van der Waals surface area contributed by atoms with Gasteiger partial charge in [-0.05, 0) is 18.2 Å². The van der Waals surface area contributed by atoms with Crippen LogP contribution >= 0.6 is 0 Å². The van der Waals surface area contributed by atoms with Crippen LogP contribution in [0.1, 0.15) is 5.56 Å². The fraction of sp³-hybridized carbons (Fsp3) is 0.227. The number of halogens is 1. The minimum Gasteiger partial charge on any atom is -0.353 e. The smallest absolute Gasteiger partial charge is 0.168 e. The van der Waals surface area contributed by atoms with Crippen LogP contribution in [0, 0.1) is 5.82 Å².